The quantitative estimate of drug-likeness (QED) is 0.778. The van der Waals surface area contributed by atoms with E-state index < -0.39 is 10.0 Å². The number of nitrogens with zero attached hydrogens (tertiary/aromatic N) is 1. The van der Waals surface area contributed by atoms with Gasteiger partial charge in [0.15, 0.2) is 0 Å². The molecule has 2 heterocycles. The lowest BCUT2D eigenvalue weighted by Gasteiger charge is -2.36. The van der Waals surface area contributed by atoms with Gasteiger partial charge in [0.05, 0.1) is 5.25 Å². The van der Waals surface area contributed by atoms with Crippen LogP contribution in [0, 0.1) is 5.41 Å². The zero-order valence-electron chi connectivity index (χ0n) is 10.9. The van der Waals surface area contributed by atoms with Crippen LogP contribution < -0.4 is 10.5 Å². The van der Waals surface area contributed by atoms with Gasteiger partial charge in [-0.1, -0.05) is 6.92 Å². The van der Waals surface area contributed by atoms with E-state index in [1.165, 1.54) is 6.42 Å². The third kappa shape index (κ3) is 4.06. The van der Waals surface area contributed by atoms with E-state index in [2.05, 4.69) is 17.1 Å². The topological polar surface area (TPSA) is 75.4 Å². The fraction of sp³-hybridized carbons (Fsp3) is 1.00. The molecule has 18 heavy (non-hydrogen) atoms. The van der Waals surface area contributed by atoms with E-state index in [-0.39, 0.29) is 17.7 Å². The summed E-state index contributed by atoms with van der Waals surface area (Å²) >= 11 is 0. The minimum atomic E-state index is -3.37. The average Bonchev–Trinajstić information content (AvgIpc) is 2.64. The smallest absolute Gasteiger partial charge is 0.213 e. The summed E-state index contributed by atoms with van der Waals surface area (Å²) in [5.74, 6) is 0. The van der Waals surface area contributed by atoms with E-state index in [1.807, 2.05) is 0 Å². The highest BCUT2D eigenvalue weighted by Gasteiger charge is 2.34. The number of hydrogen-bond acceptors (Lipinski definition) is 4. The Morgan fingerprint density at radius 1 is 1.50 bits per heavy atom. The van der Waals surface area contributed by atoms with Crippen molar-refractivity contribution in [3.63, 3.8) is 0 Å². The number of nitrogens with one attached hydrogen (secondary N) is 1. The van der Waals surface area contributed by atoms with Crippen LogP contribution in [0.3, 0.4) is 0 Å². The Bertz CT molecular complexity index is 368. The molecular weight excluding hydrogens is 274 g/mol. The summed E-state index contributed by atoms with van der Waals surface area (Å²) in [6, 6.07) is 0. The lowest BCUT2D eigenvalue weighted by molar-refractivity contribution is 0.154. The number of halogens is 1. The summed E-state index contributed by atoms with van der Waals surface area (Å²) in [6.45, 7) is 6.96. The second-order valence-corrected chi connectivity index (χ2v) is 7.67. The van der Waals surface area contributed by atoms with E-state index >= 15 is 0 Å². The Labute approximate surface area is 116 Å². The lowest BCUT2D eigenvalue weighted by atomic mass is 9.88. The standard InChI is InChI=1S/C11H23N3O2S.ClH/c1-11(4-5-13-8-11)9-14-6-2-3-10(7-14)17(12,15)16;/h10,13H,2-9H2,1H3,(H2,12,15,16);1H. The lowest BCUT2D eigenvalue weighted by Crippen LogP contribution is -2.48. The van der Waals surface area contributed by atoms with Crippen LogP contribution in [0.15, 0.2) is 0 Å². The maximum absolute atomic E-state index is 11.4. The molecule has 2 aliphatic rings. The van der Waals surface area contributed by atoms with E-state index in [9.17, 15) is 8.42 Å². The molecule has 0 spiro atoms. The summed E-state index contributed by atoms with van der Waals surface area (Å²) in [5.41, 5.74) is 0.292. The molecule has 0 saturated carbocycles. The third-order valence-electron chi connectivity index (χ3n) is 3.99. The number of nitrogens with two attached hydrogens (primary N) is 1. The van der Waals surface area contributed by atoms with Crippen LogP contribution in [-0.4, -0.2) is 51.3 Å². The van der Waals surface area contributed by atoms with Gasteiger partial charge in [-0.25, -0.2) is 13.6 Å². The van der Waals surface area contributed by atoms with Crippen LogP contribution in [0.25, 0.3) is 0 Å². The van der Waals surface area contributed by atoms with Crippen LogP contribution in [0.4, 0.5) is 0 Å². The van der Waals surface area contributed by atoms with Crippen molar-refractivity contribution in [3.05, 3.63) is 0 Å². The van der Waals surface area contributed by atoms with Crippen molar-refractivity contribution in [2.24, 2.45) is 10.6 Å². The van der Waals surface area contributed by atoms with E-state index in [4.69, 9.17) is 5.14 Å². The molecule has 0 bridgehead atoms. The molecule has 2 rings (SSSR count). The van der Waals surface area contributed by atoms with Crippen molar-refractivity contribution in [2.75, 3.05) is 32.7 Å². The number of primary sulfonamides is 1. The maximum Gasteiger partial charge on any atom is 0.213 e. The fourth-order valence-electron chi connectivity index (χ4n) is 2.97. The van der Waals surface area contributed by atoms with Crippen LogP contribution in [0.2, 0.25) is 0 Å². The molecule has 0 aromatic rings. The predicted octanol–water partition coefficient (Wildman–Crippen LogP) is 0.161. The maximum atomic E-state index is 11.4. The van der Waals surface area contributed by atoms with Crippen molar-refractivity contribution in [2.45, 2.75) is 31.4 Å². The molecule has 3 N–H and O–H groups in total. The molecule has 0 aliphatic carbocycles. The minimum Gasteiger partial charge on any atom is -0.316 e. The number of rotatable bonds is 3. The molecular formula is C11H24ClN3O2S. The Morgan fingerprint density at radius 3 is 2.78 bits per heavy atom. The van der Waals surface area contributed by atoms with Gasteiger partial charge in [0.2, 0.25) is 10.0 Å². The number of likely N-dealkylation sites (tertiary alicyclic amines) is 1. The third-order valence-corrected chi connectivity index (χ3v) is 5.30. The molecule has 108 valence electrons. The Kier molecular flexibility index (Phi) is 5.44. The predicted molar refractivity (Wildman–Crippen MR) is 75.4 cm³/mol. The summed E-state index contributed by atoms with van der Waals surface area (Å²) in [4.78, 5) is 2.27. The zero-order chi connectivity index (χ0) is 12.5. The van der Waals surface area contributed by atoms with Gasteiger partial charge in [0, 0.05) is 19.6 Å². The van der Waals surface area contributed by atoms with Gasteiger partial charge in [-0.05, 0) is 37.8 Å². The highest BCUT2D eigenvalue weighted by Crippen LogP contribution is 2.27. The van der Waals surface area contributed by atoms with Crippen molar-refractivity contribution in [1.82, 2.24) is 10.2 Å². The SMILES string of the molecule is CC1(CN2CCCC(S(N)(=O)=O)C2)CCNC1.Cl. The normalized spacial score (nSPS) is 34.2. The van der Waals surface area contributed by atoms with Crippen LogP contribution in [0.1, 0.15) is 26.2 Å². The van der Waals surface area contributed by atoms with Crippen molar-refractivity contribution >= 4 is 22.4 Å². The van der Waals surface area contributed by atoms with Gasteiger partial charge >= 0.3 is 0 Å². The Morgan fingerprint density at radius 2 is 2.22 bits per heavy atom. The molecule has 5 nitrogen and oxygen atoms in total. The first-order chi connectivity index (χ1) is 7.89. The van der Waals surface area contributed by atoms with Crippen LogP contribution >= 0.6 is 12.4 Å². The van der Waals surface area contributed by atoms with Gasteiger partial charge < -0.3 is 10.2 Å². The minimum absolute atomic E-state index is 0. The highest BCUT2D eigenvalue weighted by atomic mass is 35.5. The molecule has 0 radical (unpaired) electrons. The molecule has 2 aliphatic heterocycles. The van der Waals surface area contributed by atoms with E-state index in [1.54, 1.807) is 0 Å². The van der Waals surface area contributed by atoms with Crippen molar-refractivity contribution in [3.8, 4) is 0 Å². The zero-order valence-corrected chi connectivity index (χ0v) is 12.5. The van der Waals surface area contributed by atoms with Gasteiger partial charge in [0.1, 0.15) is 0 Å². The number of hydrogen-bond donors (Lipinski definition) is 2. The van der Waals surface area contributed by atoms with Gasteiger partial charge in [-0.3, -0.25) is 0 Å². The molecule has 2 atom stereocenters. The first-order valence-corrected chi connectivity index (χ1v) is 7.95. The summed E-state index contributed by atoms with van der Waals surface area (Å²) in [7, 11) is -3.37. The second-order valence-electron chi connectivity index (χ2n) is 5.83. The first kappa shape index (κ1) is 16.2. The Balaban J connectivity index is 0.00000162. The number of sulfonamides is 1. The monoisotopic (exact) mass is 297 g/mol. The summed E-state index contributed by atoms with van der Waals surface area (Å²) in [6.07, 6.45) is 2.82. The van der Waals surface area contributed by atoms with E-state index in [0.717, 1.165) is 32.6 Å². The van der Waals surface area contributed by atoms with Crippen LogP contribution in [-0.2, 0) is 10.0 Å². The van der Waals surface area contributed by atoms with Crippen molar-refractivity contribution < 1.29 is 8.42 Å². The van der Waals surface area contributed by atoms with Crippen LogP contribution in [0.5, 0.6) is 0 Å². The molecule has 2 saturated heterocycles. The summed E-state index contributed by atoms with van der Waals surface area (Å²) in [5, 5.41) is 8.25. The molecule has 2 unspecified atom stereocenters. The number of piperidine rings is 1. The molecule has 0 aromatic heterocycles. The molecule has 2 fully saturated rings. The molecule has 0 aromatic carbocycles. The van der Waals surface area contributed by atoms with E-state index in [0.29, 0.717) is 18.4 Å². The van der Waals surface area contributed by atoms with Gasteiger partial charge in [-0.2, -0.15) is 0 Å². The second kappa shape index (κ2) is 6.05. The Hall–Kier alpha value is 0.120. The average molecular weight is 298 g/mol. The largest absolute Gasteiger partial charge is 0.316 e. The first-order valence-electron chi connectivity index (χ1n) is 6.34. The summed E-state index contributed by atoms with van der Waals surface area (Å²) < 4.78 is 22.8. The van der Waals surface area contributed by atoms with Crippen molar-refractivity contribution in [1.29, 1.82) is 0 Å². The highest BCUT2D eigenvalue weighted by molar-refractivity contribution is 7.89. The van der Waals surface area contributed by atoms with Gasteiger partial charge in [-0.15, -0.1) is 12.4 Å². The van der Waals surface area contributed by atoms with Gasteiger partial charge in [0.25, 0.3) is 0 Å². The molecule has 7 heteroatoms. The fourth-order valence-corrected chi connectivity index (χ4v) is 3.88. The molecule has 0 amide bonds.